The standard InChI is InChI=1S/C13H22N2O/c1-4-6-9-16-13-8-7-12(10-15-13)11(3)14-5-2/h7-8,10-11,14H,4-6,9H2,1-3H3. The fourth-order valence-electron chi connectivity index (χ4n) is 1.48. The second-order valence-electron chi connectivity index (χ2n) is 3.91. The molecule has 1 aromatic heterocycles. The summed E-state index contributed by atoms with van der Waals surface area (Å²) < 4.78 is 5.51. The number of aromatic nitrogens is 1. The molecule has 0 radical (unpaired) electrons. The van der Waals surface area contributed by atoms with Gasteiger partial charge in [0.2, 0.25) is 5.88 Å². The SMILES string of the molecule is CCCCOc1ccc(C(C)NCC)cn1. The molecule has 1 unspecified atom stereocenters. The second-order valence-corrected chi connectivity index (χ2v) is 3.91. The summed E-state index contributed by atoms with van der Waals surface area (Å²) in [6, 6.07) is 4.36. The Morgan fingerprint density at radius 1 is 1.38 bits per heavy atom. The van der Waals surface area contributed by atoms with Crippen molar-refractivity contribution >= 4 is 0 Å². The number of pyridine rings is 1. The molecular formula is C13H22N2O. The zero-order valence-corrected chi connectivity index (χ0v) is 10.5. The fraction of sp³-hybridized carbons (Fsp3) is 0.615. The Morgan fingerprint density at radius 3 is 2.75 bits per heavy atom. The monoisotopic (exact) mass is 222 g/mol. The van der Waals surface area contributed by atoms with Crippen LogP contribution >= 0.6 is 0 Å². The summed E-state index contributed by atoms with van der Waals surface area (Å²) >= 11 is 0. The van der Waals surface area contributed by atoms with Gasteiger partial charge in [-0.05, 0) is 25.5 Å². The van der Waals surface area contributed by atoms with Gasteiger partial charge < -0.3 is 10.1 Å². The number of hydrogen-bond acceptors (Lipinski definition) is 3. The molecule has 0 fully saturated rings. The highest BCUT2D eigenvalue weighted by molar-refractivity contribution is 5.20. The van der Waals surface area contributed by atoms with Crippen molar-refractivity contribution in [1.82, 2.24) is 10.3 Å². The summed E-state index contributed by atoms with van der Waals surface area (Å²) in [6.07, 6.45) is 4.11. The highest BCUT2D eigenvalue weighted by Gasteiger charge is 2.04. The number of rotatable bonds is 7. The van der Waals surface area contributed by atoms with Crippen LogP contribution in [0, 0.1) is 0 Å². The van der Waals surface area contributed by atoms with Crippen LogP contribution in [0.2, 0.25) is 0 Å². The minimum atomic E-state index is 0.349. The van der Waals surface area contributed by atoms with E-state index < -0.39 is 0 Å². The van der Waals surface area contributed by atoms with Crippen LogP contribution in [0.5, 0.6) is 5.88 Å². The zero-order chi connectivity index (χ0) is 11.8. The number of ether oxygens (including phenoxy) is 1. The van der Waals surface area contributed by atoms with E-state index in [0.717, 1.165) is 31.9 Å². The normalized spacial score (nSPS) is 12.4. The van der Waals surface area contributed by atoms with Gasteiger partial charge in [0.25, 0.3) is 0 Å². The van der Waals surface area contributed by atoms with Gasteiger partial charge in [-0.3, -0.25) is 0 Å². The van der Waals surface area contributed by atoms with E-state index in [1.165, 1.54) is 5.56 Å². The smallest absolute Gasteiger partial charge is 0.213 e. The maximum absolute atomic E-state index is 5.51. The van der Waals surface area contributed by atoms with Crippen molar-refractivity contribution in [3.05, 3.63) is 23.9 Å². The number of unbranched alkanes of at least 4 members (excludes halogenated alkanes) is 1. The third-order valence-corrected chi connectivity index (χ3v) is 2.52. The molecule has 1 atom stereocenters. The molecule has 90 valence electrons. The van der Waals surface area contributed by atoms with Crippen molar-refractivity contribution in [3.8, 4) is 5.88 Å². The maximum Gasteiger partial charge on any atom is 0.213 e. The van der Waals surface area contributed by atoms with E-state index >= 15 is 0 Å². The summed E-state index contributed by atoms with van der Waals surface area (Å²) in [4.78, 5) is 4.29. The van der Waals surface area contributed by atoms with Crippen LogP contribution in [0.25, 0.3) is 0 Å². The van der Waals surface area contributed by atoms with Gasteiger partial charge in [-0.15, -0.1) is 0 Å². The van der Waals surface area contributed by atoms with Crippen molar-refractivity contribution in [2.75, 3.05) is 13.2 Å². The lowest BCUT2D eigenvalue weighted by atomic mass is 10.1. The Morgan fingerprint density at radius 2 is 2.19 bits per heavy atom. The van der Waals surface area contributed by atoms with Crippen molar-refractivity contribution < 1.29 is 4.74 Å². The van der Waals surface area contributed by atoms with Crippen molar-refractivity contribution in [2.45, 2.75) is 39.7 Å². The predicted octanol–water partition coefficient (Wildman–Crippen LogP) is 2.93. The van der Waals surface area contributed by atoms with Gasteiger partial charge in [0, 0.05) is 18.3 Å². The summed E-state index contributed by atoms with van der Waals surface area (Å²) in [6.45, 7) is 8.11. The Balaban J connectivity index is 2.47. The van der Waals surface area contributed by atoms with Crippen LogP contribution in [-0.2, 0) is 0 Å². The summed E-state index contributed by atoms with van der Waals surface area (Å²) in [5, 5.41) is 3.35. The Kier molecular flexibility index (Phi) is 5.86. The maximum atomic E-state index is 5.51. The van der Waals surface area contributed by atoms with E-state index in [1.54, 1.807) is 0 Å². The highest BCUT2D eigenvalue weighted by Crippen LogP contribution is 2.14. The molecule has 1 aromatic rings. The fourth-order valence-corrected chi connectivity index (χ4v) is 1.48. The van der Waals surface area contributed by atoms with Gasteiger partial charge >= 0.3 is 0 Å². The van der Waals surface area contributed by atoms with Crippen LogP contribution in [-0.4, -0.2) is 18.1 Å². The van der Waals surface area contributed by atoms with Crippen LogP contribution < -0.4 is 10.1 Å². The first kappa shape index (κ1) is 13.0. The van der Waals surface area contributed by atoms with E-state index in [9.17, 15) is 0 Å². The van der Waals surface area contributed by atoms with Gasteiger partial charge in [0.1, 0.15) is 0 Å². The average molecular weight is 222 g/mol. The molecule has 0 saturated heterocycles. The minimum Gasteiger partial charge on any atom is -0.478 e. The third kappa shape index (κ3) is 4.19. The highest BCUT2D eigenvalue weighted by atomic mass is 16.5. The van der Waals surface area contributed by atoms with Crippen LogP contribution in [0.3, 0.4) is 0 Å². The average Bonchev–Trinajstić information content (AvgIpc) is 2.30. The Hall–Kier alpha value is -1.09. The van der Waals surface area contributed by atoms with Crippen LogP contribution in [0.1, 0.15) is 45.2 Å². The molecule has 0 saturated carbocycles. The number of nitrogens with one attached hydrogen (secondary N) is 1. The molecule has 1 rings (SSSR count). The Labute approximate surface area is 98.2 Å². The molecule has 0 aliphatic rings. The van der Waals surface area contributed by atoms with Crippen molar-refractivity contribution in [3.63, 3.8) is 0 Å². The van der Waals surface area contributed by atoms with Gasteiger partial charge in [-0.25, -0.2) is 4.98 Å². The zero-order valence-electron chi connectivity index (χ0n) is 10.5. The first-order chi connectivity index (χ1) is 7.77. The molecular weight excluding hydrogens is 200 g/mol. The lowest BCUT2D eigenvalue weighted by Gasteiger charge is -2.12. The van der Waals surface area contributed by atoms with Crippen LogP contribution in [0.4, 0.5) is 0 Å². The van der Waals surface area contributed by atoms with E-state index in [-0.39, 0.29) is 0 Å². The number of nitrogens with zero attached hydrogens (tertiary/aromatic N) is 1. The molecule has 1 heterocycles. The largest absolute Gasteiger partial charge is 0.478 e. The summed E-state index contributed by atoms with van der Waals surface area (Å²) in [5.74, 6) is 0.723. The minimum absolute atomic E-state index is 0.349. The van der Waals surface area contributed by atoms with E-state index in [0.29, 0.717) is 6.04 Å². The van der Waals surface area contributed by atoms with E-state index in [1.807, 2.05) is 12.3 Å². The molecule has 1 N–H and O–H groups in total. The molecule has 0 bridgehead atoms. The summed E-state index contributed by atoms with van der Waals surface area (Å²) in [5.41, 5.74) is 1.20. The van der Waals surface area contributed by atoms with Gasteiger partial charge in [0.05, 0.1) is 6.61 Å². The lowest BCUT2D eigenvalue weighted by molar-refractivity contribution is 0.297. The predicted molar refractivity (Wildman–Crippen MR) is 66.7 cm³/mol. The molecule has 0 spiro atoms. The topological polar surface area (TPSA) is 34.1 Å². The molecule has 0 amide bonds. The lowest BCUT2D eigenvalue weighted by Crippen LogP contribution is -2.17. The first-order valence-electron chi connectivity index (χ1n) is 6.10. The first-order valence-corrected chi connectivity index (χ1v) is 6.10. The summed E-state index contributed by atoms with van der Waals surface area (Å²) in [7, 11) is 0. The van der Waals surface area contributed by atoms with Crippen molar-refractivity contribution in [2.24, 2.45) is 0 Å². The molecule has 3 heteroatoms. The quantitative estimate of drug-likeness (QED) is 0.720. The van der Waals surface area contributed by atoms with Crippen LogP contribution in [0.15, 0.2) is 18.3 Å². The van der Waals surface area contributed by atoms with Gasteiger partial charge in [-0.2, -0.15) is 0 Å². The van der Waals surface area contributed by atoms with Gasteiger partial charge in [-0.1, -0.05) is 26.3 Å². The molecule has 0 aliphatic carbocycles. The molecule has 0 aliphatic heterocycles. The Bertz CT molecular complexity index is 284. The molecule has 16 heavy (non-hydrogen) atoms. The molecule has 3 nitrogen and oxygen atoms in total. The molecule has 0 aromatic carbocycles. The third-order valence-electron chi connectivity index (χ3n) is 2.52. The van der Waals surface area contributed by atoms with Crippen molar-refractivity contribution in [1.29, 1.82) is 0 Å². The second kappa shape index (κ2) is 7.23. The van der Waals surface area contributed by atoms with Gasteiger partial charge in [0.15, 0.2) is 0 Å². The van der Waals surface area contributed by atoms with E-state index in [4.69, 9.17) is 4.74 Å². The number of hydrogen-bond donors (Lipinski definition) is 1. The van der Waals surface area contributed by atoms with E-state index in [2.05, 4.69) is 37.1 Å².